The maximum atomic E-state index is 13.0. The Bertz CT molecular complexity index is 857. The molecule has 2 aromatic carbocycles. The fourth-order valence-corrected chi connectivity index (χ4v) is 2.59. The van der Waals surface area contributed by atoms with Gasteiger partial charge in [-0.05, 0) is 61.9 Å². The maximum Gasteiger partial charge on any atom is 0.247 e. The van der Waals surface area contributed by atoms with Crippen molar-refractivity contribution in [3.8, 4) is 11.5 Å². The van der Waals surface area contributed by atoms with Crippen molar-refractivity contribution in [3.05, 3.63) is 59.9 Å². The van der Waals surface area contributed by atoms with E-state index in [1.165, 1.54) is 35.2 Å². The molecule has 0 unspecified atom stereocenters. The summed E-state index contributed by atoms with van der Waals surface area (Å²) in [5.41, 5.74) is 1.19. The molecule has 29 heavy (non-hydrogen) atoms. The van der Waals surface area contributed by atoms with Crippen LogP contribution in [-0.4, -0.2) is 43.5 Å². The van der Waals surface area contributed by atoms with Crippen LogP contribution in [0.1, 0.15) is 19.4 Å². The number of ether oxygens (including phenoxy) is 2. The third-order valence-electron chi connectivity index (χ3n) is 4.14. The quantitative estimate of drug-likeness (QED) is 0.686. The van der Waals surface area contributed by atoms with Crippen LogP contribution in [0.15, 0.2) is 48.5 Å². The highest BCUT2D eigenvalue weighted by Gasteiger charge is 2.18. The van der Waals surface area contributed by atoms with E-state index in [1.807, 2.05) is 13.8 Å². The molecule has 2 amide bonds. The molecule has 2 rings (SSSR count). The van der Waals surface area contributed by atoms with Crippen LogP contribution in [-0.2, 0) is 9.59 Å². The average molecular weight is 400 g/mol. The molecule has 0 saturated carbocycles. The van der Waals surface area contributed by atoms with Gasteiger partial charge in [0.15, 0.2) is 0 Å². The van der Waals surface area contributed by atoms with E-state index in [0.717, 1.165) is 5.56 Å². The SMILES string of the molecule is COc1cc(/C=C/C(=O)N(CC(=O)Nc2ccc(F)cc2)C(C)C)cc(OC)c1. The maximum absolute atomic E-state index is 13.0. The highest BCUT2D eigenvalue weighted by molar-refractivity contribution is 5.98. The van der Waals surface area contributed by atoms with Crippen molar-refractivity contribution >= 4 is 23.6 Å². The van der Waals surface area contributed by atoms with Crippen molar-refractivity contribution in [2.75, 3.05) is 26.1 Å². The van der Waals surface area contributed by atoms with Crippen molar-refractivity contribution in [3.63, 3.8) is 0 Å². The lowest BCUT2D eigenvalue weighted by Crippen LogP contribution is -2.41. The summed E-state index contributed by atoms with van der Waals surface area (Å²) in [6, 6.07) is 10.5. The van der Waals surface area contributed by atoms with Gasteiger partial charge >= 0.3 is 0 Å². The molecule has 0 atom stereocenters. The number of nitrogens with one attached hydrogen (secondary N) is 1. The van der Waals surface area contributed by atoms with Crippen LogP contribution in [0.25, 0.3) is 6.08 Å². The summed E-state index contributed by atoms with van der Waals surface area (Å²) < 4.78 is 23.4. The fraction of sp³-hybridized carbons (Fsp3) is 0.273. The van der Waals surface area contributed by atoms with E-state index in [9.17, 15) is 14.0 Å². The summed E-state index contributed by atoms with van der Waals surface area (Å²) in [7, 11) is 3.10. The van der Waals surface area contributed by atoms with Crippen LogP contribution in [0.5, 0.6) is 11.5 Å². The van der Waals surface area contributed by atoms with Crippen LogP contribution in [0.4, 0.5) is 10.1 Å². The molecule has 1 N–H and O–H groups in total. The summed E-state index contributed by atoms with van der Waals surface area (Å²) in [6.07, 6.45) is 3.04. The van der Waals surface area contributed by atoms with Gasteiger partial charge in [-0.25, -0.2) is 4.39 Å². The third-order valence-corrected chi connectivity index (χ3v) is 4.14. The predicted molar refractivity (Wildman–Crippen MR) is 110 cm³/mol. The van der Waals surface area contributed by atoms with Gasteiger partial charge in [0.1, 0.15) is 23.9 Å². The summed E-state index contributed by atoms with van der Waals surface area (Å²) in [4.78, 5) is 26.4. The first-order valence-corrected chi connectivity index (χ1v) is 9.09. The second kappa shape index (κ2) is 10.3. The molecular weight excluding hydrogens is 375 g/mol. The number of hydrogen-bond acceptors (Lipinski definition) is 4. The van der Waals surface area contributed by atoms with Crippen molar-refractivity contribution in [1.29, 1.82) is 0 Å². The van der Waals surface area contributed by atoms with Crippen LogP contribution >= 0.6 is 0 Å². The number of rotatable bonds is 8. The number of nitrogens with zero attached hydrogens (tertiary/aromatic N) is 1. The number of carbonyl (C=O) groups is 2. The number of benzene rings is 2. The summed E-state index contributed by atoms with van der Waals surface area (Å²) in [5, 5.41) is 2.66. The minimum Gasteiger partial charge on any atom is -0.497 e. The number of anilines is 1. The van der Waals surface area contributed by atoms with Gasteiger partial charge < -0.3 is 19.7 Å². The molecule has 0 aromatic heterocycles. The van der Waals surface area contributed by atoms with Gasteiger partial charge in [0.05, 0.1) is 14.2 Å². The average Bonchev–Trinajstić information content (AvgIpc) is 2.71. The molecule has 6 nitrogen and oxygen atoms in total. The minimum absolute atomic E-state index is 0.125. The van der Waals surface area contributed by atoms with E-state index in [0.29, 0.717) is 17.2 Å². The molecule has 0 aliphatic carbocycles. The van der Waals surface area contributed by atoms with Gasteiger partial charge in [-0.2, -0.15) is 0 Å². The summed E-state index contributed by atoms with van der Waals surface area (Å²) >= 11 is 0. The minimum atomic E-state index is -0.388. The van der Waals surface area contributed by atoms with Gasteiger partial charge in [0.25, 0.3) is 0 Å². The molecule has 0 fully saturated rings. The monoisotopic (exact) mass is 400 g/mol. The van der Waals surface area contributed by atoms with Crippen LogP contribution in [0, 0.1) is 5.82 Å². The van der Waals surface area contributed by atoms with E-state index < -0.39 is 0 Å². The molecule has 0 saturated heterocycles. The molecule has 7 heteroatoms. The van der Waals surface area contributed by atoms with Gasteiger partial charge in [0, 0.05) is 23.9 Å². The number of hydrogen-bond donors (Lipinski definition) is 1. The zero-order chi connectivity index (χ0) is 21.4. The second-order valence-electron chi connectivity index (χ2n) is 6.59. The van der Waals surface area contributed by atoms with E-state index >= 15 is 0 Å². The van der Waals surface area contributed by atoms with Gasteiger partial charge in [0.2, 0.25) is 11.8 Å². The van der Waals surface area contributed by atoms with E-state index in [1.54, 1.807) is 38.5 Å². The van der Waals surface area contributed by atoms with Crippen LogP contribution in [0.3, 0.4) is 0 Å². The Morgan fingerprint density at radius 2 is 1.66 bits per heavy atom. The van der Waals surface area contributed by atoms with Crippen molar-refractivity contribution in [1.82, 2.24) is 4.90 Å². The lowest BCUT2D eigenvalue weighted by Gasteiger charge is -2.25. The Labute approximate surface area is 169 Å². The molecule has 2 aromatic rings. The molecular formula is C22H25FN2O4. The van der Waals surface area contributed by atoms with E-state index in [4.69, 9.17) is 9.47 Å². The Morgan fingerprint density at radius 3 is 2.17 bits per heavy atom. The van der Waals surface area contributed by atoms with E-state index in [2.05, 4.69) is 5.32 Å². The van der Waals surface area contributed by atoms with Crippen molar-refractivity contribution in [2.24, 2.45) is 0 Å². The highest BCUT2D eigenvalue weighted by atomic mass is 19.1. The first-order chi connectivity index (χ1) is 13.8. The Morgan fingerprint density at radius 1 is 1.07 bits per heavy atom. The number of halogens is 1. The number of carbonyl (C=O) groups excluding carboxylic acids is 2. The Balaban J connectivity index is 2.07. The molecule has 0 aliphatic rings. The molecule has 0 bridgehead atoms. The molecule has 0 aliphatic heterocycles. The molecule has 154 valence electrons. The Kier molecular flexibility index (Phi) is 7.77. The Hall–Kier alpha value is -3.35. The van der Waals surface area contributed by atoms with Crippen molar-refractivity contribution < 1.29 is 23.5 Å². The second-order valence-corrected chi connectivity index (χ2v) is 6.59. The van der Waals surface area contributed by atoms with Crippen LogP contribution in [0.2, 0.25) is 0 Å². The topological polar surface area (TPSA) is 67.9 Å². The van der Waals surface area contributed by atoms with Gasteiger partial charge in [-0.15, -0.1) is 0 Å². The summed E-state index contributed by atoms with van der Waals surface area (Å²) in [5.74, 6) is 0.152. The van der Waals surface area contributed by atoms with Crippen LogP contribution < -0.4 is 14.8 Å². The third kappa shape index (κ3) is 6.64. The zero-order valence-corrected chi connectivity index (χ0v) is 16.9. The molecule has 0 spiro atoms. The lowest BCUT2D eigenvalue weighted by molar-refractivity contribution is -0.132. The fourth-order valence-electron chi connectivity index (χ4n) is 2.59. The normalized spacial score (nSPS) is 10.8. The smallest absolute Gasteiger partial charge is 0.247 e. The first kappa shape index (κ1) is 21.9. The van der Waals surface area contributed by atoms with Crippen molar-refractivity contribution in [2.45, 2.75) is 19.9 Å². The van der Waals surface area contributed by atoms with E-state index in [-0.39, 0.29) is 30.2 Å². The summed E-state index contributed by atoms with van der Waals surface area (Å²) in [6.45, 7) is 3.52. The predicted octanol–water partition coefficient (Wildman–Crippen LogP) is 3.73. The highest BCUT2D eigenvalue weighted by Crippen LogP contribution is 2.23. The number of amides is 2. The lowest BCUT2D eigenvalue weighted by atomic mass is 10.1. The number of methoxy groups -OCH3 is 2. The standard InChI is InChI=1S/C22H25FN2O4/c1-15(2)25(14-21(26)24-18-8-6-17(23)7-9-18)22(27)10-5-16-11-19(28-3)13-20(12-16)29-4/h5-13,15H,14H2,1-4H3,(H,24,26)/b10-5+. The van der Waals surface area contributed by atoms with Gasteiger partial charge in [-0.3, -0.25) is 9.59 Å². The first-order valence-electron chi connectivity index (χ1n) is 9.09. The molecule has 0 radical (unpaired) electrons. The molecule has 0 heterocycles. The zero-order valence-electron chi connectivity index (χ0n) is 16.9. The van der Waals surface area contributed by atoms with Gasteiger partial charge in [-0.1, -0.05) is 0 Å². The largest absolute Gasteiger partial charge is 0.497 e.